The molecule has 2 aliphatic heterocycles. The van der Waals surface area contributed by atoms with Crippen LogP contribution in [0.15, 0.2) is 5.11 Å². The molecule has 0 aromatic rings. The van der Waals surface area contributed by atoms with Gasteiger partial charge in [0.05, 0.1) is 12.6 Å². The Kier molecular flexibility index (Phi) is 3.26. The van der Waals surface area contributed by atoms with Gasteiger partial charge in [0.15, 0.2) is 12.1 Å². The maximum atomic E-state index is 9.88. The van der Waals surface area contributed by atoms with Crippen LogP contribution < -0.4 is 0 Å². The van der Waals surface area contributed by atoms with Gasteiger partial charge in [0.2, 0.25) is 0 Å². The van der Waals surface area contributed by atoms with E-state index in [0.29, 0.717) is 0 Å². The van der Waals surface area contributed by atoms with Crippen LogP contribution in [0.25, 0.3) is 10.4 Å². The average Bonchev–Trinajstić information content (AvgIpc) is 2.57. The Labute approximate surface area is 97.7 Å². The van der Waals surface area contributed by atoms with Crippen molar-refractivity contribution >= 4 is 0 Å². The van der Waals surface area contributed by atoms with E-state index in [1.807, 2.05) is 0 Å². The van der Waals surface area contributed by atoms with Crippen molar-refractivity contribution in [1.29, 1.82) is 0 Å². The lowest BCUT2D eigenvalue weighted by Gasteiger charge is -2.37. The molecule has 0 amide bonds. The minimum atomic E-state index is -1.17. The number of rotatable bonds is 2. The summed E-state index contributed by atoms with van der Waals surface area (Å²) in [5.41, 5.74) is 8.22. The van der Waals surface area contributed by atoms with Gasteiger partial charge < -0.3 is 24.4 Å². The molecule has 0 aromatic heterocycles. The second-order valence-corrected chi connectivity index (χ2v) is 4.54. The molecule has 2 saturated heterocycles. The van der Waals surface area contributed by atoms with Crippen LogP contribution in [0.2, 0.25) is 0 Å². The normalized spacial score (nSPS) is 43.9. The monoisotopic (exact) mass is 245 g/mol. The van der Waals surface area contributed by atoms with Crippen LogP contribution in [-0.2, 0) is 14.2 Å². The molecule has 5 atom stereocenters. The Morgan fingerprint density at radius 2 is 2.00 bits per heavy atom. The van der Waals surface area contributed by atoms with Crippen molar-refractivity contribution in [3.8, 4) is 0 Å². The van der Waals surface area contributed by atoms with E-state index in [-0.39, 0.29) is 6.54 Å². The molecule has 0 aliphatic carbocycles. The third-order valence-electron chi connectivity index (χ3n) is 2.79. The maximum absolute atomic E-state index is 9.88. The lowest BCUT2D eigenvalue weighted by molar-refractivity contribution is -0.247. The lowest BCUT2D eigenvalue weighted by atomic mass is 9.99. The summed E-state index contributed by atoms with van der Waals surface area (Å²) in [6.07, 6.45) is -4.59. The van der Waals surface area contributed by atoms with E-state index >= 15 is 0 Å². The lowest BCUT2D eigenvalue weighted by Crippen LogP contribution is -2.57. The fraction of sp³-hybridized carbons (Fsp3) is 1.00. The van der Waals surface area contributed by atoms with Gasteiger partial charge in [-0.2, -0.15) is 0 Å². The third kappa shape index (κ3) is 2.37. The summed E-state index contributed by atoms with van der Waals surface area (Å²) in [6.45, 7) is 3.31. The molecule has 2 rings (SSSR count). The first kappa shape index (κ1) is 12.6. The Balaban J connectivity index is 2.10. The third-order valence-corrected chi connectivity index (χ3v) is 2.79. The second-order valence-electron chi connectivity index (χ2n) is 4.54. The van der Waals surface area contributed by atoms with E-state index in [0.717, 1.165) is 0 Å². The molecule has 0 spiro atoms. The number of aliphatic hydroxyl groups excluding tert-OH is 2. The highest BCUT2D eigenvalue weighted by molar-refractivity contribution is 4.94. The molecule has 2 aliphatic rings. The number of aliphatic hydroxyl groups is 2. The average molecular weight is 245 g/mol. The van der Waals surface area contributed by atoms with Gasteiger partial charge in [-0.3, -0.25) is 0 Å². The smallest absolute Gasteiger partial charge is 0.190 e. The molecule has 17 heavy (non-hydrogen) atoms. The van der Waals surface area contributed by atoms with Crippen molar-refractivity contribution < 1.29 is 24.4 Å². The van der Waals surface area contributed by atoms with Gasteiger partial charge in [0, 0.05) is 4.91 Å². The predicted octanol–water partition coefficient (Wildman–Crippen LogP) is -0.105. The van der Waals surface area contributed by atoms with Gasteiger partial charge in [0.1, 0.15) is 18.3 Å². The van der Waals surface area contributed by atoms with Gasteiger partial charge in [-0.05, 0) is 19.4 Å². The fourth-order valence-electron chi connectivity index (χ4n) is 2.03. The van der Waals surface area contributed by atoms with Crippen LogP contribution in [0.5, 0.6) is 0 Å². The molecular weight excluding hydrogens is 230 g/mol. The molecule has 8 nitrogen and oxygen atoms in total. The summed E-state index contributed by atoms with van der Waals surface area (Å²) < 4.78 is 16.3. The first-order valence-electron chi connectivity index (χ1n) is 5.33. The van der Waals surface area contributed by atoms with Crippen LogP contribution >= 0.6 is 0 Å². The second kappa shape index (κ2) is 4.41. The number of azide groups is 1. The van der Waals surface area contributed by atoms with Gasteiger partial charge in [0.25, 0.3) is 0 Å². The van der Waals surface area contributed by atoms with Crippen LogP contribution in [0.1, 0.15) is 13.8 Å². The molecule has 96 valence electrons. The Hall–Kier alpha value is -0.890. The Morgan fingerprint density at radius 1 is 1.29 bits per heavy atom. The van der Waals surface area contributed by atoms with Crippen molar-refractivity contribution in [1.82, 2.24) is 0 Å². The summed E-state index contributed by atoms with van der Waals surface area (Å²) in [7, 11) is 0. The van der Waals surface area contributed by atoms with Crippen molar-refractivity contribution in [2.75, 3.05) is 6.54 Å². The number of fused-ring (bicyclic) bond motifs is 1. The largest absolute Gasteiger partial charge is 0.388 e. The van der Waals surface area contributed by atoms with Gasteiger partial charge in [-0.1, -0.05) is 5.11 Å². The molecule has 0 aromatic carbocycles. The van der Waals surface area contributed by atoms with Crippen molar-refractivity contribution in [2.24, 2.45) is 5.11 Å². The number of nitrogens with zero attached hydrogens (tertiary/aromatic N) is 3. The van der Waals surface area contributed by atoms with Crippen molar-refractivity contribution in [3.63, 3.8) is 0 Å². The maximum Gasteiger partial charge on any atom is 0.190 e. The first-order valence-corrected chi connectivity index (χ1v) is 5.33. The van der Waals surface area contributed by atoms with Gasteiger partial charge in [-0.25, -0.2) is 0 Å². The minimum Gasteiger partial charge on any atom is -0.388 e. The molecular formula is C9H15N3O5. The molecule has 8 heteroatoms. The van der Waals surface area contributed by atoms with E-state index in [1.54, 1.807) is 13.8 Å². The summed E-state index contributed by atoms with van der Waals surface area (Å²) in [5.74, 6) is -0.872. The quantitative estimate of drug-likeness (QED) is 0.400. The summed E-state index contributed by atoms with van der Waals surface area (Å²) in [6, 6.07) is 0. The predicted molar refractivity (Wildman–Crippen MR) is 54.7 cm³/mol. The molecule has 0 bridgehead atoms. The Morgan fingerprint density at radius 3 is 2.65 bits per heavy atom. The molecule has 0 radical (unpaired) electrons. The van der Waals surface area contributed by atoms with Gasteiger partial charge in [-0.15, -0.1) is 0 Å². The van der Waals surface area contributed by atoms with Crippen LogP contribution in [0.3, 0.4) is 0 Å². The van der Waals surface area contributed by atoms with E-state index in [1.165, 1.54) is 0 Å². The SMILES string of the molecule is CC1(C)O[C@H]2O[C@H](CN=[N+]=[N-])[C@H](O)[C@H](O)[C@H]2O1. The van der Waals surface area contributed by atoms with Crippen molar-refractivity contribution in [2.45, 2.75) is 50.3 Å². The number of hydrogen-bond acceptors (Lipinski definition) is 6. The summed E-state index contributed by atoms with van der Waals surface area (Å²) in [4.78, 5) is 2.58. The van der Waals surface area contributed by atoms with E-state index in [4.69, 9.17) is 19.7 Å². The van der Waals surface area contributed by atoms with E-state index < -0.39 is 36.5 Å². The standard InChI is InChI=1S/C9H15N3O5/c1-9(2)16-7-6(14)5(13)4(3-11-12-10)15-8(7)17-9/h4-8,13-14H,3H2,1-2H3/t4-,5+,6+,7-,8-/m1/s1. The zero-order valence-corrected chi connectivity index (χ0v) is 9.55. The molecule has 2 N–H and O–H groups in total. The summed E-state index contributed by atoms with van der Waals surface area (Å²) >= 11 is 0. The van der Waals surface area contributed by atoms with E-state index in [9.17, 15) is 10.2 Å². The van der Waals surface area contributed by atoms with Crippen LogP contribution in [-0.4, -0.2) is 53.3 Å². The first-order chi connectivity index (χ1) is 7.94. The topological polar surface area (TPSA) is 117 Å². The zero-order chi connectivity index (χ0) is 12.6. The number of hydrogen-bond donors (Lipinski definition) is 2. The van der Waals surface area contributed by atoms with E-state index in [2.05, 4.69) is 10.0 Å². The van der Waals surface area contributed by atoms with Crippen LogP contribution in [0, 0.1) is 0 Å². The minimum absolute atomic E-state index is 0.0677. The van der Waals surface area contributed by atoms with Crippen LogP contribution in [0.4, 0.5) is 0 Å². The highest BCUT2D eigenvalue weighted by atomic mass is 16.8. The highest BCUT2D eigenvalue weighted by Gasteiger charge is 2.53. The molecule has 2 fully saturated rings. The fourth-order valence-corrected chi connectivity index (χ4v) is 2.03. The molecule has 0 saturated carbocycles. The summed E-state index contributed by atoms with van der Waals surface area (Å²) in [5, 5.41) is 23.0. The molecule has 0 unspecified atom stereocenters. The highest BCUT2D eigenvalue weighted by Crippen LogP contribution is 2.36. The zero-order valence-electron chi connectivity index (χ0n) is 9.55. The van der Waals surface area contributed by atoms with Crippen molar-refractivity contribution in [3.05, 3.63) is 10.4 Å². The number of ether oxygens (including phenoxy) is 3. The van der Waals surface area contributed by atoms with Gasteiger partial charge >= 0.3 is 0 Å². The Bertz CT molecular complexity index is 344. The molecule has 2 heterocycles.